The third-order valence-corrected chi connectivity index (χ3v) is 3.89. The normalized spacial score (nSPS) is 18.5. The Hall–Kier alpha value is -1.63. The molecule has 0 amide bonds. The van der Waals surface area contributed by atoms with E-state index in [1.807, 2.05) is 0 Å². The molecule has 2 N–H and O–H groups in total. The summed E-state index contributed by atoms with van der Waals surface area (Å²) in [7, 11) is 4.19. The summed E-state index contributed by atoms with van der Waals surface area (Å²) in [5.74, 6) is 1.70. The maximum atomic E-state index is 5.89. The van der Waals surface area contributed by atoms with Gasteiger partial charge >= 0.3 is 0 Å². The van der Waals surface area contributed by atoms with Gasteiger partial charge in [-0.1, -0.05) is 0 Å². The molecule has 2 rings (SSSR count). The van der Waals surface area contributed by atoms with E-state index in [4.69, 9.17) is 5.73 Å². The number of nitrogen functional groups attached to an aromatic ring is 1. The number of nitrogens with zero attached hydrogens (tertiary/aromatic N) is 6. The van der Waals surface area contributed by atoms with Crippen LogP contribution in [0.1, 0.15) is 26.7 Å². The van der Waals surface area contributed by atoms with Crippen LogP contribution in [0.25, 0.3) is 0 Å². The zero-order valence-corrected chi connectivity index (χ0v) is 13.6. The zero-order valence-electron chi connectivity index (χ0n) is 13.6. The average Bonchev–Trinajstić information content (AvgIpc) is 2.87. The molecule has 21 heavy (non-hydrogen) atoms. The van der Waals surface area contributed by atoms with E-state index in [2.05, 4.69) is 57.6 Å². The summed E-state index contributed by atoms with van der Waals surface area (Å²) in [6, 6.07) is 0.450. The van der Waals surface area contributed by atoms with Crippen LogP contribution in [0.15, 0.2) is 0 Å². The van der Waals surface area contributed by atoms with E-state index in [1.165, 1.54) is 12.8 Å². The van der Waals surface area contributed by atoms with Crippen molar-refractivity contribution in [3.63, 3.8) is 0 Å². The SMILES string of the molecule is CCN(CC)c1nc(N)nc(N2CCCC2CN(C)C)n1. The summed E-state index contributed by atoms with van der Waals surface area (Å²) >= 11 is 0. The van der Waals surface area contributed by atoms with Crippen molar-refractivity contribution in [2.75, 3.05) is 55.8 Å². The van der Waals surface area contributed by atoms with E-state index in [-0.39, 0.29) is 0 Å². The van der Waals surface area contributed by atoms with E-state index in [0.717, 1.165) is 26.2 Å². The Morgan fingerprint density at radius 3 is 2.52 bits per heavy atom. The molecule has 2 heterocycles. The minimum atomic E-state index is 0.303. The predicted octanol–water partition coefficient (Wildman–Crippen LogP) is 0.830. The van der Waals surface area contributed by atoms with Crippen molar-refractivity contribution in [1.82, 2.24) is 19.9 Å². The van der Waals surface area contributed by atoms with Gasteiger partial charge in [-0.05, 0) is 40.8 Å². The highest BCUT2D eigenvalue weighted by atomic mass is 15.4. The Bertz CT molecular complexity index is 459. The standard InChI is InChI=1S/C14H27N7/c1-5-20(6-2)13-16-12(15)17-14(18-13)21-9-7-8-11(21)10-19(3)4/h11H,5-10H2,1-4H3,(H2,15,16,17,18). The van der Waals surface area contributed by atoms with Crippen LogP contribution in [0.3, 0.4) is 0 Å². The van der Waals surface area contributed by atoms with Crippen LogP contribution in [0, 0.1) is 0 Å². The van der Waals surface area contributed by atoms with Gasteiger partial charge in [0, 0.05) is 32.2 Å². The first kappa shape index (κ1) is 15.8. The van der Waals surface area contributed by atoms with Crippen molar-refractivity contribution >= 4 is 17.8 Å². The van der Waals surface area contributed by atoms with Crippen LogP contribution in [0.4, 0.5) is 17.8 Å². The lowest BCUT2D eigenvalue weighted by Gasteiger charge is -2.28. The lowest BCUT2D eigenvalue weighted by molar-refractivity contribution is 0.371. The molecule has 118 valence electrons. The number of rotatable bonds is 6. The molecule has 1 aromatic rings. The van der Waals surface area contributed by atoms with Crippen molar-refractivity contribution < 1.29 is 0 Å². The summed E-state index contributed by atoms with van der Waals surface area (Å²) in [4.78, 5) is 19.9. The first-order valence-electron chi connectivity index (χ1n) is 7.73. The molecule has 0 saturated carbocycles. The van der Waals surface area contributed by atoms with Gasteiger partial charge < -0.3 is 20.4 Å². The third-order valence-electron chi connectivity index (χ3n) is 3.89. The molecule has 0 radical (unpaired) electrons. The fourth-order valence-electron chi connectivity index (χ4n) is 2.86. The van der Waals surface area contributed by atoms with Crippen molar-refractivity contribution in [3.05, 3.63) is 0 Å². The van der Waals surface area contributed by atoms with Crippen LogP contribution in [0.5, 0.6) is 0 Å². The minimum absolute atomic E-state index is 0.303. The first-order chi connectivity index (χ1) is 10.0. The van der Waals surface area contributed by atoms with Crippen LogP contribution >= 0.6 is 0 Å². The molecule has 1 fully saturated rings. The highest BCUT2D eigenvalue weighted by molar-refractivity contribution is 5.44. The summed E-state index contributed by atoms with van der Waals surface area (Å²) in [6.45, 7) is 7.90. The second-order valence-electron chi connectivity index (χ2n) is 5.72. The van der Waals surface area contributed by atoms with Gasteiger partial charge in [0.1, 0.15) is 0 Å². The van der Waals surface area contributed by atoms with Gasteiger partial charge in [-0.15, -0.1) is 0 Å². The fraction of sp³-hybridized carbons (Fsp3) is 0.786. The summed E-state index contributed by atoms with van der Waals surface area (Å²) in [6.07, 6.45) is 2.34. The number of nitrogens with two attached hydrogens (primary N) is 1. The molecule has 0 spiro atoms. The molecule has 1 unspecified atom stereocenters. The van der Waals surface area contributed by atoms with Crippen LogP contribution in [0.2, 0.25) is 0 Å². The van der Waals surface area contributed by atoms with E-state index < -0.39 is 0 Å². The molecule has 1 aromatic heterocycles. The highest BCUT2D eigenvalue weighted by Crippen LogP contribution is 2.24. The summed E-state index contributed by atoms with van der Waals surface area (Å²) in [5.41, 5.74) is 5.89. The van der Waals surface area contributed by atoms with Gasteiger partial charge in [-0.25, -0.2) is 0 Å². The summed E-state index contributed by atoms with van der Waals surface area (Å²) < 4.78 is 0. The van der Waals surface area contributed by atoms with Crippen LogP contribution in [-0.4, -0.2) is 66.2 Å². The number of anilines is 3. The zero-order chi connectivity index (χ0) is 15.4. The van der Waals surface area contributed by atoms with Gasteiger partial charge in [0.25, 0.3) is 0 Å². The topological polar surface area (TPSA) is 74.4 Å². The molecular weight excluding hydrogens is 266 g/mol. The Balaban J connectivity index is 2.26. The van der Waals surface area contributed by atoms with Gasteiger partial charge in [0.15, 0.2) is 0 Å². The molecular formula is C14H27N7. The number of likely N-dealkylation sites (N-methyl/N-ethyl adjacent to an activating group) is 1. The Labute approximate surface area is 127 Å². The van der Waals surface area contributed by atoms with Gasteiger partial charge in [0.2, 0.25) is 17.8 Å². The molecule has 7 nitrogen and oxygen atoms in total. The quantitative estimate of drug-likeness (QED) is 0.832. The molecule has 1 saturated heterocycles. The lowest BCUT2D eigenvalue weighted by atomic mass is 10.2. The molecule has 1 aliphatic rings. The largest absolute Gasteiger partial charge is 0.368 e. The first-order valence-corrected chi connectivity index (χ1v) is 7.73. The van der Waals surface area contributed by atoms with E-state index in [9.17, 15) is 0 Å². The Kier molecular flexibility index (Phi) is 5.17. The number of hydrogen-bond acceptors (Lipinski definition) is 7. The van der Waals surface area contributed by atoms with Gasteiger partial charge in [-0.2, -0.15) is 15.0 Å². The van der Waals surface area contributed by atoms with E-state index >= 15 is 0 Å². The average molecular weight is 293 g/mol. The van der Waals surface area contributed by atoms with Crippen molar-refractivity contribution in [2.45, 2.75) is 32.7 Å². The monoisotopic (exact) mass is 293 g/mol. The number of aromatic nitrogens is 3. The molecule has 0 aliphatic carbocycles. The molecule has 0 bridgehead atoms. The molecule has 1 aliphatic heterocycles. The van der Waals surface area contributed by atoms with E-state index in [1.54, 1.807) is 0 Å². The van der Waals surface area contributed by atoms with Crippen molar-refractivity contribution in [1.29, 1.82) is 0 Å². The fourth-order valence-corrected chi connectivity index (χ4v) is 2.86. The Morgan fingerprint density at radius 2 is 1.90 bits per heavy atom. The summed E-state index contributed by atoms with van der Waals surface area (Å²) in [5, 5.41) is 0. The van der Waals surface area contributed by atoms with Crippen molar-refractivity contribution in [2.24, 2.45) is 0 Å². The second kappa shape index (κ2) is 6.89. The van der Waals surface area contributed by atoms with Crippen LogP contribution < -0.4 is 15.5 Å². The second-order valence-corrected chi connectivity index (χ2v) is 5.72. The van der Waals surface area contributed by atoms with E-state index in [0.29, 0.717) is 23.9 Å². The van der Waals surface area contributed by atoms with Gasteiger partial charge in [-0.3, -0.25) is 0 Å². The lowest BCUT2D eigenvalue weighted by Crippen LogP contribution is -2.39. The maximum absolute atomic E-state index is 5.89. The minimum Gasteiger partial charge on any atom is -0.368 e. The highest BCUT2D eigenvalue weighted by Gasteiger charge is 2.28. The molecule has 1 atom stereocenters. The predicted molar refractivity (Wildman–Crippen MR) is 86.7 cm³/mol. The third kappa shape index (κ3) is 3.72. The maximum Gasteiger partial charge on any atom is 0.232 e. The number of hydrogen-bond donors (Lipinski definition) is 1. The van der Waals surface area contributed by atoms with Gasteiger partial charge in [0.05, 0.1) is 0 Å². The molecule has 0 aromatic carbocycles. The Morgan fingerprint density at radius 1 is 1.19 bits per heavy atom. The smallest absolute Gasteiger partial charge is 0.232 e. The van der Waals surface area contributed by atoms with Crippen LogP contribution in [-0.2, 0) is 0 Å². The molecule has 7 heteroatoms. The van der Waals surface area contributed by atoms with Crippen molar-refractivity contribution in [3.8, 4) is 0 Å².